The van der Waals surface area contributed by atoms with E-state index in [2.05, 4.69) is 5.32 Å². The molecule has 2 N–H and O–H groups in total. The van der Waals surface area contributed by atoms with Gasteiger partial charge in [0.2, 0.25) is 0 Å². The maximum atomic E-state index is 12.2. The third-order valence-electron chi connectivity index (χ3n) is 3.95. The fraction of sp³-hybridized carbons (Fsp3) is 0.818. The Kier molecular flexibility index (Phi) is 2.55. The molecule has 2 fully saturated rings. The van der Waals surface area contributed by atoms with Crippen LogP contribution in [0.15, 0.2) is 0 Å². The number of ketones is 1. The third-order valence-corrected chi connectivity index (χ3v) is 3.95. The highest BCUT2D eigenvalue weighted by Crippen LogP contribution is 2.44. The zero-order valence-corrected chi connectivity index (χ0v) is 9.58. The summed E-state index contributed by atoms with van der Waals surface area (Å²) >= 11 is 0. The summed E-state index contributed by atoms with van der Waals surface area (Å²) in [7, 11) is 1.29. The molecule has 5 heteroatoms. The van der Waals surface area contributed by atoms with E-state index in [-0.39, 0.29) is 5.78 Å². The smallest absolute Gasteiger partial charge is 0.320 e. The molecule has 2 aliphatic rings. The monoisotopic (exact) mass is 227 g/mol. The Morgan fingerprint density at radius 1 is 1.56 bits per heavy atom. The molecule has 90 valence electrons. The van der Waals surface area contributed by atoms with Crippen molar-refractivity contribution in [2.75, 3.05) is 20.2 Å². The van der Waals surface area contributed by atoms with Gasteiger partial charge in [-0.2, -0.15) is 0 Å². The lowest BCUT2D eigenvalue weighted by Gasteiger charge is -2.48. The van der Waals surface area contributed by atoms with Crippen LogP contribution in [0.2, 0.25) is 0 Å². The lowest BCUT2D eigenvalue weighted by molar-refractivity contribution is -0.173. The molecule has 3 atom stereocenters. The number of esters is 1. The van der Waals surface area contributed by atoms with E-state index in [9.17, 15) is 14.7 Å². The van der Waals surface area contributed by atoms with Crippen molar-refractivity contribution in [2.24, 2.45) is 11.3 Å². The highest BCUT2D eigenvalue weighted by Gasteiger charge is 2.59. The van der Waals surface area contributed by atoms with E-state index >= 15 is 0 Å². The van der Waals surface area contributed by atoms with Gasteiger partial charge in [0.1, 0.15) is 5.41 Å². The summed E-state index contributed by atoms with van der Waals surface area (Å²) in [5, 5.41) is 13.2. The van der Waals surface area contributed by atoms with E-state index in [0.29, 0.717) is 25.9 Å². The van der Waals surface area contributed by atoms with Crippen LogP contribution in [0.1, 0.15) is 19.8 Å². The maximum Gasteiger partial charge on any atom is 0.320 e. The van der Waals surface area contributed by atoms with Gasteiger partial charge in [0.15, 0.2) is 5.78 Å². The van der Waals surface area contributed by atoms with Crippen molar-refractivity contribution < 1.29 is 19.4 Å². The quantitative estimate of drug-likeness (QED) is 0.465. The predicted molar refractivity (Wildman–Crippen MR) is 55.7 cm³/mol. The number of methoxy groups -OCH3 is 1. The number of ether oxygens (including phenoxy) is 1. The second kappa shape index (κ2) is 3.53. The summed E-state index contributed by atoms with van der Waals surface area (Å²) < 4.78 is 4.72. The van der Waals surface area contributed by atoms with Crippen molar-refractivity contribution in [1.82, 2.24) is 5.32 Å². The molecule has 1 saturated heterocycles. The SMILES string of the molecule is COC(=O)C12CCC(C)(O)C(CNC1)C2=O. The zero-order chi connectivity index (χ0) is 12.0. The first-order chi connectivity index (χ1) is 7.44. The van der Waals surface area contributed by atoms with Crippen molar-refractivity contribution >= 4 is 11.8 Å². The summed E-state index contributed by atoms with van der Waals surface area (Å²) in [6, 6.07) is 0. The number of hydrogen-bond acceptors (Lipinski definition) is 5. The van der Waals surface area contributed by atoms with Crippen molar-refractivity contribution in [2.45, 2.75) is 25.4 Å². The fourth-order valence-electron chi connectivity index (χ4n) is 2.77. The number of carbonyl (C=O) groups excluding carboxylic acids is 2. The lowest BCUT2D eigenvalue weighted by Crippen LogP contribution is -2.65. The van der Waals surface area contributed by atoms with Crippen LogP contribution >= 0.6 is 0 Å². The molecule has 0 amide bonds. The number of hydrogen-bond donors (Lipinski definition) is 2. The van der Waals surface area contributed by atoms with Crippen molar-refractivity contribution in [3.63, 3.8) is 0 Å². The van der Waals surface area contributed by atoms with Crippen LogP contribution < -0.4 is 5.32 Å². The first-order valence-electron chi connectivity index (χ1n) is 5.50. The number of fused-ring (bicyclic) bond motifs is 2. The van der Waals surface area contributed by atoms with Gasteiger partial charge >= 0.3 is 5.97 Å². The van der Waals surface area contributed by atoms with E-state index in [1.54, 1.807) is 6.92 Å². The molecule has 1 heterocycles. The first kappa shape index (κ1) is 11.5. The van der Waals surface area contributed by atoms with Crippen molar-refractivity contribution in [3.8, 4) is 0 Å². The lowest BCUT2D eigenvalue weighted by atomic mass is 9.60. The molecule has 0 aromatic heterocycles. The first-order valence-corrected chi connectivity index (χ1v) is 5.50. The Bertz CT molecular complexity index is 339. The summed E-state index contributed by atoms with van der Waals surface area (Å²) in [4.78, 5) is 24.0. The zero-order valence-electron chi connectivity index (χ0n) is 9.58. The molecule has 2 rings (SSSR count). The molecule has 16 heavy (non-hydrogen) atoms. The Labute approximate surface area is 94.2 Å². The minimum atomic E-state index is -1.07. The number of carbonyl (C=O) groups is 2. The molecule has 1 aliphatic carbocycles. The molecule has 2 bridgehead atoms. The molecule has 1 saturated carbocycles. The second-order valence-corrected chi connectivity index (χ2v) is 4.98. The molecule has 1 aliphatic heterocycles. The van der Waals surface area contributed by atoms with Crippen LogP contribution in [0.25, 0.3) is 0 Å². The highest BCUT2D eigenvalue weighted by molar-refractivity contribution is 6.06. The average molecular weight is 227 g/mol. The Morgan fingerprint density at radius 2 is 2.25 bits per heavy atom. The van der Waals surface area contributed by atoms with Crippen molar-refractivity contribution in [1.29, 1.82) is 0 Å². The minimum Gasteiger partial charge on any atom is -0.468 e. The second-order valence-electron chi connectivity index (χ2n) is 4.98. The van der Waals surface area contributed by atoms with Gasteiger partial charge in [-0.1, -0.05) is 0 Å². The van der Waals surface area contributed by atoms with Crippen LogP contribution in [0, 0.1) is 11.3 Å². The van der Waals surface area contributed by atoms with Gasteiger partial charge in [-0.05, 0) is 19.8 Å². The number of nitrogens with one attached hydrogen (secondary N) is 1. The standard InChI is InChI=1S/C11H17NO4/c1-10(15)3-4-11(9(14)16-2)6-12-5-7(10)8(11)13/h7,12,15H,3-6H2,1-2H3. The summed E-state index contributed by atoms with van der Waals surface area (Å²) in [5.41, 5.74) is -2.08. The average Bonchev–Trinajstić information content (AvgIpc) is 2.24. The van der Waals surface area contributed by atoms with E-state index in [1.165, 1.54) is 7.11 Å². The molecule has 3 unspecified atom stereocenters. The summed E-state index contributed by atoms with van der Waals surface area (Å²) in [6.45, 7) is 2.42. The molecule has 5 nitrogen and oxygen atoms in total. The molecule has 0 aromatic rings. The maximum absolute atomic E-state index is 12.2. The van der Waals surface area contributed by atoms with Crippen LogP contribution in [0.4, 0.5) is 0 Å². The predicted octanol–water partition coefficient (Wildman–Crippen LogP) is -0.521. The number of Topliss-reactive ketones (excluding diaryl/α,β-unsaturated/α-hetero) is 1. The minimum absolute atomic E-state index is 0.172. The number of rotatable bonds is 1. The van der Waals surface area contributed by atoms with E-state index in [4.69, 9.17) is 4.74 Å². The van der Waals surface area contributed by atoms with Crippen LogP contribution in [0.5, 0.6) is 0 Å². The topological polar surface area (TPSA) is 75.6 Å². The van der Waals surface area contributed by atoms with Gasteiger partial charge < -0.3 is 15.2 Å². The van der Waals surface area contributed by atoms with Gasteiger partial charge in [0, 0.05) is 13.1 Å². The summed E-state index contributed by atoms with van der Waals surface area (Å²) in [5.74, 6) is -1.16. The number of aliphatic hydroxyl groups is 1. The molecular weight excluding hydrogens is 210 g/mol. The summed E-state index contributed by atoms with van der Waals surface area (Å²) in [6.07, 6.45) is 0.815. The van der Waals surface area contributed by atoms with E-state index < -0.39 is 22.9 Å². The largest absolute Gasteiger partial charge is 0.468 e. The van der Waals surface area contributed by atoms with Gasteiger partial charge in [-0.25, -0.2) is 0 Å². The highest BCUT2D eigenvalue weighted by atomic mass is 16.5. The Morgan fingerprint density at radius 3 is 2.88 bits per heavy atom. The van der Waals surface area contributed by atoms with Crippen LogP contribution in [-0.4, -0.2) is 42.7 Å². The van der Waals surface area contributed by atoms with Gasteiger partial charge in [-0.15, -0.1) is 0 Å². The molecule has 0 radical (unpaired) electrons. The van der Waals surface area contributed by atoms with Crippen LogP contribution in [0.3, 0.4) is 0 Å². The van der Waals surface area contributed by atoms with E-state index in [0.717, 1.165) is 0 Å². The van der Waals surface area contributed by atoms with Gasteiger partial charge in [0.25, 0.3) is 0 Å². The molecular formula is C11H17NO4. The van der Waals surface area contributed by atoms with Crippen molar-refractivity contribution in [3.05, 3.63) is 0 Å². The van der Waals surface area contributed by atoms with E-state index in [1.807, 2.05) is 0 Å². The Hall–Kier alpha value is -0.940. The van der Waals surface area contributed by atoms with Crippen LogP contribution in [-0.2, 0) is 14.3 Å². The van der Waals surface area contributed by atoms with Gasteiger partial charge in [0.05, 0.1) is 18.6 Å². The molecule has 0 aromatic carbocycles. The normalized spacial score (nSPS) is 42.9. The fourth-order valence-corrected chi connectivity index (χ4v) is 2.77. The third kappa shape index (κ3) is 1.38. The number of piperidine rings is 1. The Balaban J connectivity index is 2.36. The van der Waals surface area contributed by atoms with Gasteiger partial charge in [-0.3, -0.25) is 9.59 Å². The molecule has 0 spiro atoms.